The molecule has 6 fully saturated rings. The fourth-order valence-electron chi connectivity index (χ4n) is 7.51. The second-order valence-electron chi connectivity index (χ2n) is 10.5. The summed E-state index contributed by atoms with van der Waals surface area (Å²) >= 11 is 0. The molecule has 1 aromatic rings. The summed E-state index contributed by atoms with van der Waals surface area (Å²) in [6.45, 7) is 2.24. The van der Waals surface area contributed by atoms with Gasteiger partial charge >= 0.3 is 0 Å². The molecule has 6 aliphatic rings. The monoisotopic (exact) mass is 382 g/mol. The number of benzene rings is 1. The van der Waals surface area contributed by atoms with E-state index < -0.39 is 11.6 Å². The number of ether oxygens (including phenoxy) is 1. The maximum atomic E-state index is 6.92. The smallest absolute Gasteiger partial charge is 0.210 e. The second-order valence-corrected chi connectivity index (χ2v) is 10.5. The molecule has 1 aromatic carbocycles. The first kappa shape index (κ1) is 17.9. The number of aryl methyl sites for hydroxylation is 1. The lowest BCUT2D eigenvalue weighted by atomic mass is 9.53. The van der Waals surface area contributed by atoms with Gasteiger partial charge in [0.25, 0.3) is 0 Å². The maximum Gasteiger partial charge on any atom is 0.210 e. The minimum absolute atomic E-state index is 0.430. The Morgan fingerprint density at radius 2 is 1.64 bits per heavy atom. The van der Waals surface area contributed by atoms with E-state index in [1.807, 2.05) is 0 Å². The van der Waals surface area contributed by atoms with Crippen molar-refractivity contribution in [3.05, 3.63) is 35.4 Å². The standard InChI is InChI=1S/C25H34O3/c1-2-4-17-6-8-20(9-7-17)21-5-3-10-24(16-21)26-25(28-27-24)22-12-18-11-19(14-22)15-23(25)13-18/h6-9,18-19,21-23H,2-5,10-16H2,1H3/t18?,19?,21?,22?,23?,24-,25?/m1/s1. The molecule has 1 heterocycles. The molecular formula is C25H34O3. The predicted molar refractivity (Wildman–Crippen MR) is 107 cm³/mol. The molecule has 0 amide bonds. The largest absolute Gasteiger partial charge is 0.312 e. The molecule has 1 saturated heterocycles. The molecule has 5 aliphatic carbocycles. The summed E-state index contributed by atoms with van der Waals surface area (Å²) < 4.78 is 6.92. The third kappa shape index (κ3) is 2.73. The van der Waals surface area contributed by atoms with Crippen LogP contribution < -0.4 is 0 Å². The Kier molecular flexibility index (Phi) is 4.19. The highest BCUT2D eigenvalue weighted by molar-refractivity contribution is 5.26. The lowest BCUT2D eigenvalue weighted by Gasteiger charge is -2.57. The van der Waals surface area contributed by atoms with Crippen LogP contribution in [0.3, 0.4) is 0 Å². The molecule has 2 atom stereocenters. The zero-order chi connectivity index (χ0) is 18.8. The molecule has 7 rings (SSSR count). The van der Waals surface area contributed by atoms with E-state index in [-0.39, 0.29) is 0 Å². The summed E-state index contributed by atoms with van der Waals surface area (Å²) in [4.78, 5) is 12.4. The molecule has 0 aromatic heterocycles. The van der Waals surface area contributed by atoms with Crippen molar-refractivity contribution in [3.8, 4) is 0 Å². The molecular weight excluding hydrogens is 348 g/mol. The van der Waals surface area contributed by atoms with Gasteiger partial charge in [0.05, 0.1) is 0 Å². The molecule has 28 heavy (non-hydrogen) atoms. The average Bonchev–Trinajstić information content (AvgIpc) is 3.06. The third-order valence-electron chi connectivity index (χ3n) is 8.60. The van der Waals surface area contributed by atoms with Gasteiger partial charge in [-0.1, -0.05) is 37.6 Å². The van der Waals surface area contributed by atoms with Crippen LogP contribution in [0, 0.1) is 23.7 Å². The SMILES string of the molecule is CCCc1ccc(C2CCC[C@]3(C2)OOC2(O3)C3CC4CC(C3)CC2C4)cc1. The number of hydrogen-bond donors (Lipinski definition) is 0. The van der Waals surface area contributed by atoms with Gasteiger partial charge in [0.2, 0.25) is 11.6 Å². The van der Waals surface area contributed by atoms with Crippen LogP contribution in [0.4, 0.5) is 0 Å². The first-order valence-corrected chi connectivity index (χ1v) is 11.8. The Bertz CT molecular complexity index is 698. The van der Waals surface area contributed by atoms with E-state index in [1.54, 1.807) is 0 Å². The maximum absolute atomic E-state index is 6.92. The molecule has 3 nitrogen and oxygen atoms in total. The van der Waals surface area contributed by atoms with Crippen molar-refractivity contribution in [1.82, 2.24) is 0 Å². The van der Waals surface area contributed by atoms with E-state index in [1.165, 1.54) is 62.5 Å². The van der Waals surface area contributed by atoms with E-state index in [9.17, 15) is 0 Å². The highest BCUT2D eigenvalue weighted by atomic mass is 17.3. The third-order valence-corrected chi connectivity index (χ3v) is 8.60. The van der Waals surface area contributed by atoms with E-state index in [0.717, 1.165) is 31.1 Å². The first-order valence-electron chi connectivity index (χ1n) is 11.8. The van der Waals surface area contributed by atoms with E-state index in [2.05, 4.69) is 31.2 Å². The Morgan fingerprint density at radius 1 is 0.929 bits per heavy atom. The van der Waals surface area contributed by atoms with E-state index in [4.69, 9.17) is 14.5 Å². The molecule has 4 bridgehead atoms. The van der Waals surface area contributed by atoms with Gasteiger partial charge in [0, 0.05) is 24.7 Å². The van der Waals surface area contributed by atoms with Crippen molar-refractivity contribution in [2.45, 2.75) is 95.0 Å². The summed E-state index contributed by atoms with van der Waals surface area (Å²) in [5, 5.41) is 0. The normalized spacial score (nSPS) is 46.7. The van der Waals surface area contributed by atoms with Crippen molar-refractivity contribution in [2.24, 2.45) is 23.7 Å². The minimum atomic E-state index is -0.514. The van der Waals surface area contributed by atoms with Crippen LogP contribution in [0.15, 0.2) is 24.3 Å². The van der Waals surface area contributed by atoms with Gasteiger partial charge < -0.3 is 4.74 Å². The molecule has 5 saturated carbocycles. The van der Waals surface area contributed by atoms with Crippen molar-refractivity contribution in [2.75, 3.05) is 0 Å². The second kappa shape index (κ2) is 6.55. The average molecular weight is 383 g/mol. The Hall–Kier alpha value is -0.900. The van der Waals surface area contributed by atoms with Crippen LogP contribution in [0.2, 0.25) is 0 Å². The Morgan fingerprint density at radius 3 is 2.32 bits per heavy atom. The minimum Gasteiger partial charge on any atom is -0.312 e. The zero-order valence-electron chi connectivity index (χ0n) is 17.2. The molecule has 0 N–H and O–H groups in total. The van der Waals surface area contributed by atoms with Crippen LogP contribution >= 0.6 is 0 Å². The van der Waals surface area contributed by atoms with Crippen LogP contribution in [0.25, 0.3) is 0 Å². The summed E-state index contributed by atoms with van der Waals surface area (Å²) in [6, 6.07) is 9.30. The predicted octanol–water partition coefficient (Wildman–Crippen LogP) is 6.12. The van der Waals surface area contributed by atoms with Gasteiger partial charge in [-0.05, 0) is 80.2 Å². The molecule has 2 spiro atoms. The zero-order valence-corrected chi connectivity index (χ0v) is 17.2. The van der Waals surface area contributed by atoms with Crippen molar-refractivity contribution in [3.63, 3.8) is 0 Å². The van der Waals surface area contributed by atoms with Gasteiger partial charge in [-0.25, -0.2) is 0 Å². The van der Waals surface area contributed by atoms with Crippen LogP contribution in [0.1, 0.15) is 88.2 Å². The van der Waals surface area contributed by atoms with Crippen LogP contribution in [-0.4, -0.2) is 11.6 Å². The summed E-state index contributed by atoms with van der Waals surface area (Å²) in [7, 11) is 0. The summed E-state index contributed by atoms with van der Waals surface area (Å²) in [5.74, 6) is 2.50. The van der Waals surface area contributed by atoms with E-state index >= 15 is 0 Å². The molecule has 1 unspecified atom stereocenters. The van der Waals surface area contributed by atoms with Crippen LogP contribution in [0.5, 0.6) is 0 Å². The molecule has 1 aliphatic heterocycles. The van der Waals surface area contributed by atoms with Crippen molar-refractivity contribution in [1.29, 1.82) is 0 Å². The number of hydrogen-bond acceptors (Lipinski definition) is 3. The fraction of sp³-hybridized carbons (Fsp3) is 0.760. The first-order chi connectivity index (χ1) is 13.7. The van der Waals surface area contributed by atoms with Crippen LogP contribution in [-0.2, 0) is 20.9 Å². The Labute approximate surface area is 169 Å². The molecule has 3 heteroatoms. The van der Waals surface area contributed by atoms with Gasteiger partial charge in [-0.3, -0.25) is 0 Å². The highest BCUT2D eigenvalue weighted by Gasteiger charge is 2.66. The summed E-state index contributed by atoms with van der Waals surface area (Å²) in [5.41, 5.74) is 2.89. The Balaban J connectivity index is 1.21. The number of rotatable bonds is 3. The van der Waals surface area contributed by atoms with Crippen molar-refractivity contribution < 1.29 is 14.5 Å². The quantitative estimate of drug-likeness (QED) is 0.589. The lowest BCUT2D eigenvalue weighted by molar-refractivity contribution is -0.390. The topological polar surface area (TPSA) is 27.7 Å². The van der Waals surface area contributed by atoms with Gasteiger partial charge in [0.1, 0.15) is 0 Å². The molecule has 152 valence electrons. The lowest BCUT2D eigenvalue weighted by Crippen LogP contribution is -2.59. The highest BCUT2D eigenvalue weighted by Crippen LogP contribution is 2.64. The van der Waals surface area contributed by atoms with Gasteiger partial charge in [-0.2, -0.15) is 9.78 Å². The van der Waals surface area contributed by atoms with Crippen molar-refractivity contribution >= 4 is 0 Å². The fourth-order valence-corrected chi connectivity index (χ4v) is 7.51. The van der Waals surface area contributed by atoms with Gasteiger partial charge in [0.15, 0.2) is 0 Å². The van der Waals surface area contributed by atoms with E-state index in [0.29, 0.717) is 17.8 Å². The molecule has 0 radical (unpaired) electrons. The summed E-state index contributed by atoms with van der Waals surface area (Å²) in [6.07, 6.45) is 13.3. The van der Waals surface area contributed by atoms with Gasteiger partial charge in [-0.15, -0.1) is 0 Å².